The van der Waals surface area contributed by atoms with Crippen LogP contribution in [0.1, 0.15) is 41.1 Å². The number of carbonyl (C=O) groups excluding carboxylic acids is 2. The summed E-state index contributed by atoms with van der Waals surface area (Å²) in [4.78, 5) is 42.4. The van der Waals surface area contributed by atoms with Gasteiger partial charge in [-0.15, -0.1) is 11.3 Å². The summed E-state index contributed by atoms with van der Waals surface area (Å²) >= 11 is 1.12. The van der Waals surface area contributed by atoms with Gasteiger partial charge >= 0.3 is 5.97 Å². The van der Waals surface area contributed by atoms with Crippen LogP contribution in [0.3, 0.4) is 0 Å². The van der Waals surface area contributed by atoms with Crippen molar-refractivity contribution in [2.45, 2.75) is 40.2 Å². The quantitative estimate of drug-likeness (QED) is 0.599. The Morgan fingerprint density at radius 2 is 1.93 bits per heavy atom. The third-order valence-corrected chi connectivity index (χ3v) is 5.65. The maximum Gasteiger partial charge on any atom is 0.348 e. The summed E-state index contributed by atoms with van der Waals surface area (Å²) in [5.41, 5.74) is 2.06. The lowest BCUT2D eigenvalue weighted by molar-refractivity contribution is -0.116. The van der Waals surface area contributed by atoms with Gasteiger partial charge in [0.15, 0.2) is 0 Å². The van der Waals surface area contributed by atoms with Gasteiger partial charge in [-0.1, -0.05) is 25.5 Å². The molecular weight excluding hydrogens is 390 g/mol. The van der Waals surface area contributed by atoms with Crippen LogP contribution in [0.2, 0.25) is 0 Å². The lowest BCUT2D eigenvalue weighted by Gasteiger charge is -2.08. The molecule has 0 atom stereocenters. The lowest BCUT2D eigenvalue weighted by atomic mass is 10.1. The van der Waals surface area contributed by atoms with Crippen LogP contribution >= 0.6 is 11.3 Å². The Bertz CT molecular complexity index is 1100. The van der Waals surface area contributed by atoms with Gasteiger partial charge in [0.05, 0.1) is 18.3 Å². The molecule has 0 unspecified atom stereocenters. The van der Waals surface area contributed by atoms with E-state index in [2.05, 4.69) is 17.2 Å². The van der Waals surface area contributed by atoms with Crippen molar-refractivity contribution in [1.29, 1.82) is 0 Å². The second kappa shape index (κ2) is 9.00. The Morgan fingerprint density at radius 1 is 1.21 bits per heavy atom. The number of nitrogens with one attached hydrogen (secondary N) is 1. The van der Waals surface area contributed by atoms with Gasteiger partial charge in [0.25, 0.3) is 5.56 Å². The molecule has 2 aromatic heterocycles. The number of nitrogens with zero attached hydrogens (tertiary/aromatic N) is 2. The van der Waals surface area contributed by atoms with Gasteiger partial charge in [0, 0.05) is 5.69 Å². The van der Waals surface area contributed by atoms with Gasteiger partial charge in [-0.2, -0.15) is 0 Å². The van der Waals surface area contributed by atoms with Gasteiger partial charge in [-0.05, 0) is 43.5 Å². The molecule has 0 aliphatic rings. The van der Waals surface area contributed by atoms with Crippen LogP contribution in [0.25, 0.3) is 10.2 Å². The van der Waals surface area contributed by atoms with E-state index >= 15 is 0 Å². The molecule has 1 amide bonds. The van der Waals surface area contributed by atoms with Gasteiger partial charge < -0.3 is 10.1 Å². The topological polar surface area (TPSA) is 90.3 Å². The summed E-state index contributed by atoms with van der Waals surface area (Å²) in [5.74, 6) is -0.793. The van der Waals surface area contributed by atoms with Gasteiger partial charge in [0.1, 0.15) is 16.3 Å². The second-order valence-electron chi connectivity index (χ2n) is 6.63. The maximum atomic E-state index is 12.8. The van der Waals surface area contributed by atoms with Gasteiger partial charge in [0.2, 0.25) is 5.91 Å². The first kappa shape index (κ1) is 20.7. The molecule has 7 nitrogen and oxygen atoms in total. The highest BCUT2D eigenvalue weighted by atomic mass is 32.1. The van der Waals surface area contributed by atoms with Crippen LogP contribution in [-0.2, 0) is 22.5 Å². The van der Waals surface area contributed by atoms with Crippen molar-refractivity contribution in [3.8, 4) is 0 Å². The number of esters is 1. The first-order valence-corrected chi connectivity index (χ1v) is 10.3. The third kappa shape index (κ3) is 4.54. The predicted molar refractivity (Wildman–Crippen MR) is 114 cm³/mol. The molecule has 1 N–H and O–H groups in total. The van der Waals surface area contributed by atoms with E-state index in [-0.39, 0.29) is 24.6 Å². The molecule has 0 aliphatic heterocycles. The minimum Gasteiger partial charge on any atom is -0.462 e. The summed E-state index contributed by atoms with van der Waals surface area (Å²) in [5, 5.41) is 3.14. The third-order valence-electron chi connectivity index (χ3n) is 4.47. The lowest BCUT2D eigenvalue weighted by Crippen LogP contribution is -2.27. The van der Waals surface area contributed by atoms with Crippen molar-refractivity contribution in [1.82, 2.24) is 9.55 Å². The highest BCUT2D eigenvalue weighted by Crippen LogP contribution is 2.27. The van der Waals surface area contributed by atoms with Crippen LogP contribution in [0.4, 0.5) is 5.69 Å². The normalized spacial score (nSPS) is 10.9. The highest BCUT2D eigenvalue weighted by Gasteiger charge is 2.20. The minimum atomic E-state index is -0.469. The smallest absolute Gasteiger partial charge is 0.348 e. The maximum absolute atomic E-state index is 12.8. The zero-order chi connectivity index (χ0) is 21.0. The molecule has 3 aromatic rings. The summed E-state index contributed by atoms with van der Waals surface area (Å²) in [6.45, 7) is 5.62. The molecule has 1 aromatic carbocycles. The van der Waals surface area contributed by atoms with E-state index in [1.165, 1.54) is 16.5 Å². The van der Waals surface area contributed by atoms with Crippen molar-refractivity contribution in [2.75, 3.05) is 11.9 Å². The van der Waals surface area contributed by atoms with Crippen molar-refractivity contribution in [3.05, 3.63) is 57.0 Å². The molecule has 3 rings (SSSR count). The number of rotatable bonds is 7. The number of amides is 1. The highest BCUT2D eigenvalue weighted by molar-refractivity contribution is 7.20. The van der Waals surface area contributed by atoms with Crippen LogP contribution in [0.5, 0.6) is 0 Å². The number of hydrogen-bond acceptors (Lipinski definition) is 6. The number of aryl methyl sites for hydroxylation is 2. The fourth-order valence-corrected chi connectivity index (χ4v) is 4.09. The largest absolute Gasteiger partial charge is 0.462 e. The minimum absolute atomic E-state index is 0.164. The Balaban J connectivity index is 1.80. The zero-order valence-electron chi connectivity index (χ0n) is 16.7. The first-order valence-electron chi connectivity index (χ1n) is 9.49. The number of ether oxygens (including phenoxy) is 1. The van der Waals surface area contributed by atoms with Crippen LogP contribution in [0, 0.1) is 6.92 Å². The molecule has 0 fully saturated rings. The number of fused-ring (bicyclic) bond motifs is 1. The van der Waals surface area contributed by atoms with Crippen molar-refractivity contribution < 1.29 is 14.3 Å². The fraction of sp³-hybridized carbons (Fsp3) is 0.333. The van der Waals surface area contributed by atoms with Gasteiger partial charge in [-0.3, -0.25) is 14.2 Å². The molecule has 0 radical (unpaired) electrons. The Kier molecular flexibility index (Phi) is 6.43. The van der Waals surface area contributed by atoms with Crippen LogP contribution < -0.4 is 10.9 Å². The SMILES string of the molecule is CCCc1ccc(NC(=O)Cn2cnc3sc(C(=O)OCC)c(C)c3c2=O)cc1. The van der Waals surface area contributed by atoms with Crippen LogP contribution in [0.15, 0.2) is 35.4 Å². The summed E-state index contributed by atoms with van der Waals surface area (Å²) in [6, 6.07) is 7.65. The number of aromatic nitrogens is 2. The van der Waals surface area contributed by atoms with E-state index in [1.54, 1.807) is 13.8 Å². The second-order valence-corrected chi connectivity index (χ2v) is 7.63. The van der Waals surface area contributed by atoms with E-state index in [0.717, 1.165) is 24.2 Å². The van der Waals surface area contributed by atoms with E-state index in [4.69, 9.17) is 4.74 Å². The summed E-state index contributed by atoms with van der Waals surface area (Å²) < 4.78 is 6.28. The predicted octanol–water partition coefficient (Wildman–Crippen LogP) is 3.53. The van der Waals surface area contributed by atoms with E-state index in [9.17, 15) is 14.4 Å². The van der Waals surface area contributed by atoms with Crippen molar-refractivity contribution in [2.24, 2.45) is 0 Å². The Labute approximate surface area is 172 Å². The van der Waals surface area contributed by atoms with Crippen molar-refractivity contribution >= 4 is 39.1 Å². The Hall–Kier alpha value is -3.00. The first-order chi connectivity index (χ1) is 13.9. The number of carbonyl (C=O) groups is 2. The van der Waals surface area contributed by atoms with E-state index in [1.807, 2.05) is 24.3 Å². The van der Waals surface area contributed by atoms with Crippen LogP contribution in [-0.4, -0.2) is 28.0 Å². The zero-order valence-corrected chi connectivity index (χ0v) is 17.5. The molecule has 8 heteroatoms. The average molecular weight is 413 g/mol. The fourth-order valence-electron chi connectivity index (χ4n) is 3.06. The molecule has 0 saturated heterocycles. The monoisotopic (exact) mass is 413 g/mol. The molecule has 0 bridgehead atoms. The molecule has 0 aliphatic carbocycles. The standard InChI is InChI=1S/C21H23N3O4S/c1-4-6-14-7-9-15(10-8-14)23-16(25)11-24-12-22-19-17(20(24)26)13(3)18(29-19)21(27)28-5-2/h7-10,12H,4-6,11H2,1-3H3,(H,23,25). The number of thiophene rings is 1. The summed E-state index contributed by atoms with van der Waals surface area (Å²) in [7, 11) is 0. The van der Waals surface area contributed by atoms with E-state index < -0.39 is 5.97 Å². The number of hydrogen-bond donors (Lipinski definition) is 1. The average Bonchev–Trinajstić information content (AvgIpc) is 3.03. The molecule has 2 heterocycles. The summed E-state index contributed by atoms with van der Waals surface area (Å²) in [6.07, 6.45) is 3.38. The Morgan fingerprint density at radius 3 is 2.59 bits per heavy atom. The number of anilines is 1. The number of benzene rings is 1. The van der Waals surface area contributed by atoms with E-state index in [0.29, 0.717) is 26.3 Å². The van der Waals surface area contributed by atoms with Crippen molar-refractivity contribution in [3.63, 3.8) is 0 Å². The molecule has 0 spiro atoms. The molecule has 29 heavy (non-hydrogen) atoms. The molecular formula is C21H23N3O4S. The molecule has 152 valence electrons. The molecule has 0 saturated carbocycles. The van der Waals surface area contributed by atoms with Gasteiger partial charge in [-0.25, -0.2) is 9.78 Å².